The molecule has 0 radical (unpaired) electrons. The van der Waals surface area contributed by atoms with Crippen LogP contribution in [0.4, 0.5) is 0 Å². The maximum absolute atomic E-state index is 12.7. The predicted molar refractivity (Wildman–Crippen MR) is 94.8 cm³/mol. The van der Waals surface area contributed by atoms with Crippen LogP contribution in [-0.4, -0.2) is 50.5 Å². The van der Waals surface area contributed by atoms with Crippen molar-refractivity contribution in [3.8, 4) is 0 Å². The van der Waals surface area contributed by atoms with E-state index in [2.05, 4.69) is 0 Å². The third kappa shape index (κ3) is 3.52. The van der Waals surface area contributed by atoms with Gasteiger partial charge in [0.1, 0.15) is 0 Å². The number of nitrogens with zero attached hydrogens (tertiary/aromatic N) is 1. The fourth-order valence-corrected chi connectivity index (χ4v) is 7.57. The SMILES string of the molecule is CC(=O)c1cccc(S(=O)(=O)N2CC(S(=O)(=O)C3CCCCC3)C2)c1. The van der Waals surface area contributed by atoms with Gasteiger partial charge in [-0.25, -0.2) is 16.8 Å². The van der Waals surface area contributed by atoms with Crippen LogP contribution in [0.2, 0.25) is 0 Å². The van der Waals surface area contributed by atoms with Crippen molar-refractivity contribution in [1.29, 1.82) is 0 Å². The van der Waals surface area contributed by atoms with E-state index in [9.17, 15) is 21.6 Å². The monoisotopic (exact) mass is 385 g/mol. The second kappa shape index (κ2) is 6.81. The summed E-state index contributed by atoms with van der Waals surface area (Å²) in [6.45, 7) is 1.39. The van der Waals surface area contributed by atoms with Gasteiger partial charge in [0, 0.05) is 18.7 Å². The van der Waals surface area contributed by atoms with Crippen LogP contribution in [0.1, 0.15) is 49.4 Å². The first-order valence-corrected chi connectivity index (χ1v) is 11.6. The quantitative estimate of drug-likeness (QED) is 0.724. The Hall–Kier alpha value is -1.25. The number of carbonyl (C=O) groups is 1. The van der Waals surface area contributed by atoms with Crippen molar-refractivity contribution in [3.05, 3.63) is 29.8 Å². The molecule has 3 rings (SSSR count). The van der Waals surface area contributed by atoms with Crippen molar-refractivity contribution >= 4 is 25.6 Å². The Morgan fingerprint density at radius 1 is 1.00 bits per heavy atom. The lowest BCUT2D eigenvalue weighted by atomic mass is 10.0. The molecule has 0 unspecified atom stereocenters. The van der Waals surface area contributed by atoms with Gasteiger partial charge in [0.25, 0.3) is 0 Å². The van der Waals surface area contributed by atoms with Crippen LogP contribution in [0.3, 0.4) is 0 Å². The molecule has 0 N–H and O–H groups in total. The zero-order valence-electron chi connectivity index (χ0n) is 14.2. The largest absolute Gasteiger partial charge is 0.295 e. The summed E-state index contributed by atoms with van der Waals surface area (Å²) < 4.78 is 51.8. The summed E-state index contributed by atoms with van der Waals surface area (Å²) >= 11 is 0. The van der Waals surface area contributed by atoms with E-state index >= 15 is 0 Å². The molecule has 6 nitrogen and oxygen atoms in total. The van der Waals surface area contributed by atoms with E-state index in [-0.39, 0.29) is 29.0 Å². The Morgan fingerprint density at radius 3 is 2.24 bits per heavy atom. The van der Waals surface area contributed by atoms with E-state index < -0.39 is 25.1 Å². The van der Waals surface area contributed by atoms with E-state index in [4.69, 9.17) is 0 Å². The molecular weight excluding hydrogens is 362 g/mol. The maximum atomic E-state index is 12.7. The van der Waals surface area contributed by atoms with Crippen molar-refractivity contribution < 1.29 is 21.6 Å². The van der Waals surface area contributed by atoms with Crippen LogP contribution in [0.5, 0.6) is 0 Å². The lowest BCUT2D eigenvalue weighted by Gasteiger charge is -2.39. The predicted octanol–water partition coefficient (Wildman–Crippen LogP) is 2.01. The number of sulfone groups is 1. The van der Waals surface area contributed by atoms with Gasteiger partial charge in [-0.3, -0.25) is 4.79 Å². The van der Waals surface area contributed by atoms with Crippen LogP contribution in [-0.2, 0) is 19.9 Å². The number of Topliss-reactive ketones (excluding diaryl/α,β-unsaturated/α-hetero) is 1. The highest BCUT2D eigenvalue weighted by Crippen LogP contribution is 2.32. The van der Waals surface area contributed by atoms with Crippen molar-refractivity contribution in [2.75, 3.05) is 13.1 Å². The normalized spacial score (nSPS) is 21.0. The molecule has 1 saturated heterocycles. The summed E-state index contributed by atoms with van der Waals surface area (Å²) in [5, 5.41) is -0.932. The number of carbonyl (C=O) groups excluding carboxylic acids is 1. The lowest BCUT2D eigenvalue weighted by Crippen LogP contribution is -2.58. The highest BCUT2D eigenvalue weighted by Gasteiger charge is 2.46. The number of sulfonamides is 1. The molecule has 1 aliphatic heterocycles. The fourth-order valence-electron chi connectivity index (χ4n) is 3.50. The summed E-state index contributed by atoms with van der Waals surface area (Å²) in [5.74, 6) is -0.210. The number of hydrogen-bond donors (Lipinski definition) is 0. The minimum atomic E-state index is -3.77. The van der Waals surface area contributed by atoms with Gasteiger partial charge >= 0.3 is 0 Å². The van der Waals surface area contributed by atoms with Gasteiger partial charge in [-0.2, -0.15) is 4.31 Å². The molecule has 138 valence electrons. The highest BCUT2D eigenvalue weighted by molar-refractivity contribution is 7.93. The van der Waals surface area contributed by atoms with Crippen LogP contribution in [0.25, 0.3) is 0 Å². The molecule has 1 saturated carbocycles. The van der Waals surface area contributed by atoms with Crippen LogP contribution >= 0.6 is 0 Å². The number of hydrogen-bond acceptors (Lipinski definition) is 5. The molecule has 1 aromatic carbocycles. The first-order valence-electron chi connectivity index (χ1n) is 8.57. The zero-order chi connectivity index (χ0) is 18.2. The Balaban J connectivity index is 1.73. The molecule has 0 amide bonds. The van der Waals surface area contributed by atoms with E-state index in [1.807, 2.05) is 0 Å². The minimum Gasteiger partial charge on any atom is -0.295 e. The second-order valence-corrected chi connectivity index (χ2v) is 11.3. The molecule has 1 heterocycles. The molecular formula is C17H23NO5S2. The number of rotatable bonds is 5. The van der Waals surface area contributed by atoms with Gasteiger partial charge in [-0.15, -0.1) is 0 Å². The Bertz CT molecular complexity index is 864. The topological polar surface area (TPSA) is 88.6 Å². The average molecular weight is 386 g/mol. The lowest BCUT2D eigenvalue weighted by molar-refractivity contribution is 0.101. The summed E-state index contributed by atoms with van der Waals surface area (Å²) in [5.41, 5.74) is 0.327. The van der Waals surface area contributed by atoms with E-state index in [1.54, 1.807) is 6.07 Å². The Labute approximate surface area is 149 Å². The number of benzene rings is 1. The Kier molecular flexibility index (Phi) is 5.05. The van der Waals surface area contributed by atoms with Gasteiger partial charge in [0.05, 0.1) is 15.4 Å². The molecule has 2 aliphatic rings. The van der Waals surface area contributed by atoms with Crippen molar-refractivity contribution in [1.82, 2.24) is 4.31 Å². The summed E-state index contributed by atoms with van der Waals surface area (Å²) in [7, 11) is -7.05. The molecule has 25 heavy (non-hydrogen) atoms. The zero-order valence-corrected chi connectivity index (χ0v) is 15.9. The van der Waals surface area contributed by atoms with Crippen molar-refractivity contribution in [3.63, 3.8) is 0 Å². The summed E-state index contributed by atoms with van der Waals surface area (Å²) in [6.07, 6.45) is 4.30. The van der Waals surface area contributed by atoms with Crippen molar-refractivity contribution in [2.45, 2.75) is 54.4 Å². The van der Waals surface area contributed by atoms with E-state index in [0.29, 0.717) is 18.4 Å². The molecule has 8 heteroatoms. The minimum absolute atomic E-state index is 0.00542. The summed E-state index contributed by atoms with van der Waals surface area (Å²) in [6, 6.07) is 5.87. The molecule has 1 aliphatic carbocycles. The highest BCUT2D eigenvalue weighted by atomic mass is 32.2. The maximum Gasteiger partial charge on any atom is 0.243 e. The van der Waals surface area contributed by atoms with Gasteiger partial charge < -0.3 is 0 Å². The molecule has 2 fully saturated rings. The van der Waals surface area contributed by atoms with Gasteiger partial charge in [0.2, 0.25) is 10.0 Å². The molecule has 0 bridgehead atoms. The third-order valence-electron chi connectivity index (χ3n) is 5.17. The van der Waals surface area contributed by atoms with Crippen LogP contribution in [0, 0.1) is 0 Å². The van der Waals surface area contributed by atoms with Crippen LogP contribution < -0.4 is 0 Å². The fraction of sp³-hybridized carbons (Fsp3) is 0.588. The average Bonchev–Trinajstić information content (AvgIpc) is 2.54. The standard InChI is InChI=1S/C17H23NO5S2/c1-13(19)14-6-5-9-16(10-14)25(22,23)18-11-17(12-18)24(20,21)15-7-3-2-4-8-15/h5-6,9-10,15,17H,2-4,7-8,11-12H2,1H3. The molecule has 1 aromatic rings. The van der Waals surface area contributed by atoms with Gasteiger partial charge in [0.15, 0.2) is 15.6 Å². The smallest absolute Gasteiger partial charge is 0.243 e. The van der Waals surface area contributed by atoms with E-state index in [1.165, 1.54) is 29.4 Å². The van der Waals surface area contributed by atoms with Gasteiger partial charge in [-0.05, 0) is 31.9 Å². The summed E-state index contributed by atoms with van der Waals surface area (Å²) in [4.78, 5) is 11.5. The molecule has 0 spiro atoms. The molecule has 0 aromatic heterocycles. The van der Waals surface area contributed by atoms with Crippen molar-refractivity contribution in [2.24, 2.45) is 0 Å². The van der Waals surface area contributed by atoms with Gasteiger partial charge in [-0.1, -0.05) is 31.4 Å². The first kappa shape index (κ1) is 18.5. The first-order chi connectivity index (χ1) is 11.7. The molecule has 0 atom stereocenters. The second-order valence-electron chi connectivity index (χ2n) is 6.88. The van der Waals surface area contributed by atoms with Crippen LogP contribution in [0.15, 0.2) is 29.2 Å². The Morgan fingerprint density at radius 2 is 1.64 bits per heavy atom. The van der Waals surface area contributed by atoms with E-state index in [0.717, 1.165) is 19.3 Å². The third-order valence-corrected chi connectivity index (χ3v) is 9.63. The number of ketones is 1.